The van der Waals surface area contributed by atoms with Gasteiger partial charge in [0.15, 0.2) is 16.6 Å². The number of nitrogens with zero attached hydrogens (tertiary/aromatic N) is 2. The van der Waals surface area contributed by atoms with Gasteiger partial charge in [-0.15, -0.1) is 11.3 Å². The van der Waals surface area contributed by atoms with E-state index in [0.29, 0.717) is 39.3 Å². The number of benzene rings is 3. The Morgan fingerprint density at radius 2 is 1.76 bits per heavy atom. The minimum atomic E-state index is -3.79. The summed E-state index contributed by atoms with van der Waals surface area (Å²) in [7, 11) is -3.79. The Morgan fingerprint density at radius 1 is 0.946 bits per heavy atom. The largest absolute Gasteiger partial charge is 0.454 e. The number of para-hydroxylation sites is 1. The minimum absolute atomic E-state index is 0.0557. The Morgan fingerprint density at radius 3 is 2.57 bits per heavy atom. The molecule has 0 radical (unpaired) electrons. The number of hydrogen-bond donors (Lipinski definition) is 2. The van der Waals surface area contributed by atoms with Crippen molar-refractivity contribution in [3.8, 4) is 22.8 Å². The molecular weight excluding hydrogens is 512 g/mol. The fourth-order valence-corrected chi connectivity index (χ4v) is 5.72. The Balaban J connectivity index is 1.29. The molecule has 0 unspecified atom stereocenters. The van der Waals surface area contributed by atoms with E-state index in [0.717, 1.165) is 5.56 Å². The van der Waals surface area contributed by atoms with Crippen LogP contribution in [0.25, 0.3) is 22.2 Å². The number of anilines is 2. The number of fused-ring (bicyclic) bond motifs is 2. The molecule has 37 heavy (non-hydrogen) atoms. The lowest BCUT2D eigenvalue weighted by Gasteiger charge is -2.12. The van der Waals surface area contributed by atoms with Gasteiger partial charge in [-0.1, -0.05) is 18.2 Å². The highest BCUT2D eigenvalue weighted by molar-refractivity contribution is 7.93. The lowest BCUT2D eigenvalue weighted by atomic mass is 10.0. The number of thiazole rings is 1. The zero-order chi connectivity index (χ0) is 25.4. The maximum atomic E-state index is 13.4. The fourth-order valence-electron chi connectivity index (χ4n) is 3.93. The second-order valence-electron chi connectivity index (χ2n) is 8.06. The van der Waals surface area contributed by atoms with E-state index in [2.05, 4.69) is 15.0 Å². The van der Waals surface area contributed by atoms with E-state index in [4.69, 9.17) is 14.5 Å². The van der Waals surface area contributed by atoms with Crippen molar-refractivity contribution in [2.24, 2.45) is 0 Å². The van der Waals surface area contributed by atoms with Gasteiger partial charge in [0.25, 0.3) is 15.9 Å². The third kappa shape index (κ3) is 4.57. The Kier molecular flexibility index (Phi) is 5.70. The van der Waals surface area contributed by atoms with Gasteiger partial charge in [0, 0.05) is 28.2 Å². The number of ether oxygens (including phenoxy) is 2. The van der Waals surface area contributed by atoms with Crippen molar-refractivity contribution in [1.82, 2.24) is 9.97 Å². The van der Waals surface area contributed by atoms with E-state index >= 15 is 0 Å². The molecule has 1 aliphatic heterocycles. The van der Waals surface area contributed by atoms with Gasteiger partial charge in [-0.2, -0.15) is 0 Å². The van der Waals surface area contributed by atoms with Crippen LogP contribution in [-0.2, 0) is 10.0 Å². The first-order chi connectivity index (χ1) is 18.0. The molecular formula is C26H18N4O5S2. The summed E-state index contributed by atoms with van der Waals surface area (Å²) in [5.41, 5.74) is 2.94. The normalized spacial score (nSPS) is 12.4. The number of pyridine rings is 1. The van der Waals surface area contributed by atoms with Gasteiger partial charge in [0.2, 0.25) is 6.79 Å². The number of hydrogen-bond acceptors (Lipinski definition) is 8. The summed E-state index contributed by atoms with van der Waals surface area (Å²) in [6.45, 7) is 0.165. The molecule has 0 bridgehead atoms. The van der Waals surface area contributed by atoms with Crippen LogP contribution in [0, 0.1) is 0 Å². The Hall–Kier alpha value is -4.48. The summed E-state index contributed by atoms with van der Waals surface area (Å²) in [4.78, 5) is 22.1. The van der Waals surface area contributed by atoms with Crippen molar-refractivity contribution in [1.29, 1.82) is 0 Å². The minimum Gasteiger partial charge on any atom is -0.454 e. The van der Waals surface area contributed by atoms with Gasteiger partial charge in [0.1, 0.15) is 0 Å². The fraction of sp³-hybridized carbons (Fsp3) is 0.0385. The van der Waals surface area contributed by atoms with Crippen LogP contribution in [0.3, 0.4) is 0 Å². The lowest BCUT2D eigenvalue weighted by molar-refractivity contribution is 0.102. The van der Waals surface area contributed by atoms with Crippen molar-refractivity contribution in [2.45, 2.75) is 4.90 Å². The van der Waals surface area contributed by atoms with Crippen LogP contribution in [0.2, 0.25) is 0 Å². The van der Waals surface area contributed by atoms with Crippen LogP contribution in [-0.4, -0.2) is 31.1 Å². The van der Waals surface area contributed by atoms with Crippen LogP contribution in [0.15, 0.2) is 89.3 Å². The third-order valence-corrected chi connectivity index (χ3v) is 7.88. The summed E-state index contributed by atoms with van der Waals surface area (Å²) in [5.74, 6) is 0.935. The highest BCUT2D eigenvalue weighted by Crippen LogP contribution is 2.36. The first kappa shape index (κ1) is 23.0. The molecule has 3 aromatic carbocycles. The van der Waals surface area contributed by atoms with Gasteiger partial charge in [-0.05, 0) is 54.6 Å². The van der Waals surface area contributed by atoms with Crippen molar-refractivity contribution in [2.75, 3.05) is 16.8 Å². The predicted octanol–water partition coefficient (Wildman–Crippen LogP) is 5.14. The van der Waals surface area contributed by atoms with Crippen molar-refractivity contribution < 1.29 is 22.7 Å². The molecule has 0 saturated carbocycles. The number of nitrogens with one attached hydrogen (secondary N) is 2. The standard InChI is InChI=1S/C26H18N4O5S2/c31-25(28-17-6-8-18(9-7-17)37(32,33)30-26-27-11-12-36-26)20-14-22(29-21-4-2-1-3-19(20)21)16-5-10-23-24(13-16)35-15-34-23/h1-14H,15H2,(H,27,30)(H,28,31). The van der Waals surface area contributed by atoms with Crippen LogP contribution < -0.4 is 19.5 Å². The van der Waals surface area contributed by atoms with Gasteiger partial charge < -0.3 is 14.8 Å². The van der Waals surface area contributed by atoms with Crippen LogP contribution in [0.5, 0.6) is 11.5 Å². The molecule has 9 nitrogen and oxygen atoms in total. The highest BCUT2D eigenvalue weighted by Gasteiger charge is 2.19. The van der Waals surface area contributed by atoms with Gasteiger partial charge in [0.05, 0.1) is 21.7 Å². The Labute approximate surface area is 215 Å². The van der Waals surface area contributed by atoms with Gasteiger partial charge >= 0.3 is 0 Å². The Bertz CT molecular complexity index is 1740. The molecule has 1 aliphatic rings. The molecule has 6 rings (SSSR count). The number of sulfonamides is 1. The van der Waals surface area contributed by atoms with Crippen LogP contribution in [0.4, 0.5) is 10.8 Å². The highest BCUT2D eigenvalue weighted by atomic mass is 32.2. The van der Waals surface area contributed by atoms with Gasteiger partial charge in [-0.25, -0.2) is 18.4 Å². The first-order valence-corrected chi connectivity index (χ1v) is 13.5. The number of amides is 1. The number of carbonyl (C=O) groups is 1. The summed E-state index contributed by atoms with van der Waals surface area (Å²) < 4.78 is 38.5. The van der Waals surface area contributed by atoms with E-state index < -0.39 is 10.0 Å². The summed E-state index contributed by atoms with van der Waals surface area (Å²) in [6, 6.07) is 20.5. The maximum Gasteiger partial charge on any atom is 0.263 e. The lowest BCUT2D eigenvalue weighted by Crippen LogP contribution is -2.14. The first-order valence-electron chi connectivity index (χ1n) is 11.1. The summed E-state index contributed by atoms with van der Waals surface area (Å²) in [6.07, 6.45) is 1.52. The topological polar surface area (TPSA) is 120 Å². The van der Waals surface area contributed by atoms with Crippen LogP contribution >= 0.6 is 11.3 Å². The number of rotatable bonds is 6. The summed E-state index contributed by atoms with van der Waals surface area (Å²) in [5, 5.41) is 5.50. The molecule has 184 valence electrons. The van der Waals surface area contributed by atoms with Gasteiger partial charge in [-0.3, -0.25) is 9.52 Å². The van der Waals surface area contributed by atoms with E-state index in [1.165, 1.54) is 41.8 Å². The molecule has 0 atom stereocenters. The summed E-state index contributed by atoms with van der Waals surface area (Å²) >= 11 is 1.18. The SMILES string of the molecule is O=C(Nc1ccc(S(=O)(=O)Nc2nccs2)cc1)c1cc(-c2ccc3c(c2)OCO3)nc2ccccc12. The third-order valence-electron chi connectivity index (χ3n) is 5.71. The molecule has 11 heteroatoms. The molecule has 2 aromatic heterocycles. The quantitative estimate of drug-likeness (QED) is 0.312. The molecule has 5 aromatic rings. The predicted molar refractivity (Wildman–Crippen MR) is 141 cm³/mol. The monoisotopic (exact) mass is 530 g/mol. The second kappa shape index (κ2) is 9.19. The molecule has 0 saturated heterocycles. The maximum absolute atomic E-state index is 13.4. The average Bonchev–Trinajstić information content (AvgIpc) is 3.59. The van der Waals surface area contributed by atoms with Crippen molar-refractivity contribution >= 4 is 49.0 Å². The molecule has 1 amide bonds. The number of aromatic nitrogens is 2. The van der Waals surface area contributed by atoms with E-state index in [1.807, 2.05) is 42.5 Å². The zero-order valence-electron chi connectivity index (χ0n) is 19.0. The molecule has 3 heterocycles. The van der Waals surface area contributed by atoms with Crippen LogP contribution in [0.1, 0.15) is 10.4 Å². The average molecular weight is 531 g/mol. The molecule has 0 aliphatic carbocycles. The van der Waals surface area contributed by atoms with E-state index in [9.17, 15) is 13.2 Å². The van der Waals surface area contributed by atoms with E-state index in [1.54, 1.807) is 11.4 Å². The zero-order valence-corrected chi connectivity index (χ0v) is 20.7. The number of carbonyl (C=O) groups excluding carboxylic acids is 1. The smallest absolute Gasteiger partial charge is 0.263 e. The van der Waals surface area contributed by atoms with Crippen molar-refractivity contribution in [3.63, 3.8) is 0 Å². The molecule has 2 N–H and O–H groups in total. The molecule has 0 fully saturated rings. The molecule has 0 spiro atoms. The van der Waals surface area contributed by atoms with Crippen molar-refractivity contribution in [3.05, 3.63) is 89.9 Å². The second-order valence-corrected chi connectivity index (χ2v) is 10.6. The van der Waals surface area contributed by atoms with E-state index in [-0.39, 0.29) is 22.7 Å².